The molecule has 3 nitrogen and oxygen atoms in total. The minimum atomic E-state index is -0.597. The Hall–Kier alpha value is -1.88. The molecule has 0 fully saturated rings. The second-order valence-electron chi connectivity index (χ2n) is 4.21. The van der Waals surface area contributed by atoms with Crippen molar-refractivity contribution in [2.45, 2.75) is 20.1 Å². The number of aryl methyl sites for hydroxylation is 1. The van der Waals surface area contributed by atoms with Gasteiger partial charge in [-0.2, -0.15) is 0 Å². The molecule has 2 rings (SSSR count). The van der Waals surface area contributed by atoms with Crippen molar-refractivity contribution in [1.82, 2.24) is 5.32 Å². The molecule has 102 valence electrons. The van der Waals surface area contributed by atoms with Gasteiger partial charge in [0, 0.05) is 6.07 Å². The van der Waals surface area contributed by atoms with E-state index in [4.69, 9.17) is 9.15 Å². The highest BCUT2D eigenvalue weighted by atomic mass is 19.1. The number of nitrogens with one attached hydrogen (secondary N) is 1. The lowest BCUT2D eigenvalue weighted by atomic mass is 10.2. The molecule has 1 aromatic heterocycles. The van der Waals surface area contributed by atoms with E-state index in [1.54, 1.807) is 0 Å². The second kappa shape index (κ2) is 5.84. The Kier molecular flexibility index (Phi) is 4.16. The highest BCUT2D eigenvalue weighted by molar-refractivity contribution is 5.25. The topological polar surface area (TPSA) is 34.4 Å². The molecule has 0 spiro atoms. The number of halogens is 2. The molecule has 0 aliphatic rings. The Morgan fingerprint density at radius 1 is 1.26 bits per heavy atom. The average molecular weight is 267 g/mol. The average Bonchev–Trinajstić information content (AvgIpc) is 2.72. The molecular weight excluding hydrogens is 252 g/mol. The first kappa shape index (κ1) is 13.5. The van der Waals surface area contributed by atoms with Crippen LogP contribution in [0.25, 0.3) is 0 Å². The maximum atomic E-state index is 13.3. The van der Waals surface area contributed by atoms with Gasteiger partial charge in [0.25, 0.3) is 0 Å². The first-order valence-corrected chi connectivity index (χ1v) is 5.91. The predicted molar refractivity (Wildman–Crippen MR) is 66.9 cm³/mol. The number of hydrogen-bond donors (Lipinski definition) is 1. The van der Waals surface area contributed by atoms with Gasteiger partial charge in [0.2, 0.25) is 0 Å². The molecule has 2 aromatic rings. The lowest BCUT2D eigenvalue weighted by molar-refractivity contribution is 0.253. The number of benzene rings is 1. The third kappa shape index (κ3) is 3.32. The molecule has 0 aliphatic heterocycles. The van der Waals surface area contributed by atoms with E-state index in [0.717, 1.165) is 29.5 Å². The molecule has 5 heteroatoms. The van der Waals surface area contributed by atoms with Gasteiger partial charge >= 0.3 is 0 Å². The molecule has 0 radical (unpaired) electrons. The fourth-order valence-electron chi connectivity index (χ4n) is 1.73. The minimum Gasteiger partial charge on any atom is -0.482 e. The Morgan fingerprint density at radius 2 is 2.05 bits per heavy atom. The van der Waals surface area contributed by atoms with Gasteiger partial charge in [-0.3, -0.25) is 0 Å². The van der Waals surface area contributed by atoms with Gasteiger partial charge in [-0.15, -0.1) is 0 Å². The smallest absolute Gasteiger partial charge is 0.165 e. The normalized spacial score (nSPS) is 10.7. The van der Waals surface area contributed by atoms with Gasteiger partial charge in [0.15, 0.2) is 11.6 Å². The van der Waals surface area contributed by atoms with Crippen molar-refractivity contribution < 1.29 is 17.9 Å². The highest BCUT2D eigenvalue weighted by Gasteiger charge is 2.09. The SMILES string of the molecule is CNCc1oc(COc2cc(F)ccc2F)cc1C. The van der Waals surface area contributed by atoms with Gasteiger partial charge in [-0.1, -0.05) is 0 Å². The van der Waals surface area contributed by atoms with E-state index in [-0.39, 0.29) is 12.4 Å². The van der Waals surface area contributed by atoms with Crippen molar-refractivity contribution in [1.29, 1.82) is 0 Å². The van der Waals surface area contributed by atoms with E-state index in [1.807, 2.05) is 20.0 Å². The van der Waals surface area contributed by atoms with Gasteiger partial charge < -0.3 is 14.5 Å². The summed E-state index contributed by atoms with van der Waals surface area (Å²) in [5.41, 5.74) is 0.993. The predicted octanol–water partition coefficient (Wildman–Crippen LogP) is 3.16. The zero-order chi connectivity index (χ0) is 13.8. The zero-order valence-corrected chi connectivity index (χ0v) is 10.8. The van der Waals surface area contributed by atoms with Crippen LogP contribution in [0.1, 0.15) is 17.1 Å². The van der Waals surface area contributed by atoms with Crippen LogP contribution < -0.4 is 10.1 Å². The summed E-state index contributed by atoms with van der Waals surface area (Å²) in [6, 6.07) is 4.91. The summed E-state index contributed by atoms with van der Waals surface area (Å²) in [6.07, 6.45) is 0. The van der Waals surface area contributed by atoms with Crippen LogP contribution in [0, 0.1) is 18.6 Å². The largest absolute Gasteiger partial charge is 0.482 e. The van der Waals surface area contributed by atoms with E-state index < -0.39 is 11.6 Å². The van der Waals surface area contributed by atoms with Crippen molar-refractivity contribution in [3.05, 3.63) is 53.0 Å². The van der Waals surface area contributed by atoms with E-state index in [0.29, 0.717) is 12.3 Å². The number of rotatable bonds is 5. The Bertz CT molecular complexity index is 567. The van der Waals surface area contributed by atoms with Gasteiger partial charge in [0.05, 0.1) is 6.54 Å². The van der Waals surface area contributed by atoms with Crippen LogP contribution in [0.5, 0.6) is 5.75 Å². The van der Waals surface area contributed by atoms with Crippen LogP contribution in [0.15, 0.2) is 28.7 Å². The lowest BCUT2D eigenvalue weighted by Crippen LogP contribution is -2.04. The van der Waals surface area contributed by atoms with Crippen molar-refractivity contribution in [2.75, 3.05) is 7.05 Å². The summed E-state index contributed by atoms with van der Waals surface area (Å²) < 4.78 is 37.1. The van der Waals surface area contributed by atoms with Crippen LogP contribution in [-0.4, -0.2) is 7.05 Å². The molecule has 1 aromatic carbocycles. The molecule has 0 bridgehead atoms. The van der Waals surface area contributed by atoms with Crippen molar-refractivity contribution in [3.8, 4) is 5.75 Å². The first-order valence-electron chi connectivity index (χ1n) is 5.91. The monoisotopic (exact) mass is 267 g/mol. The second-order valence-corrected chi connectivity index (χ2v) is 4.21. The summed E-state index contributed by atoms with van der Waals surface area (Å²) in [5.74, 6) is 0.125. The summed E-state index contributed by atoms with van der Waals surface area (Å²) in [5, 5.41) is 2.98. The summed E-state index contributed by atoms with van der Waals surface area (Å²) in [6.45, 7) is 2.59. The summed E-state index contributed by atoms with van der Waals surface area (Å²) in [7, 11) is 1.82. The maximum absolute atomic E-state index is 13.3. The zero-order valence-electron chi connectivity index (χ0n) is 10.8. The van der Waals surface area contributed by atoms with Crippen molar-refractivity contribution in [3.63, 3.8) is 0 Å². The Morgan fingerprint density at radius 3 is 2.79 bits per heavy atom. The molecule has 0 saturated carbocycles. The van der Waals surface area contributed by atoms with Crippen LogP contribution in [0.4, 0.5) is 8.78 Å². The molecule has 1 N–H and O–H groups in total. The van der Waals surface area contributed by atoms with Gasteiger partial charge in [-0.05, 0) is 37.7 Å². The van der Waals surface area contributed by atoms with Crippen molar-refractivity contribution in [2.24, 2.45) is 0 Å². The van der Waals surface area contributed by atoms with Gasteiger partial charge in [-0.25, -0.2) is 8.78 Å². The van der Waals surface area contributed by atoms with Crippen LogP contribution in [0.3, 0.4) is 0 Å². The third-order valence-electron chi connectivity index (χ3n) is 2.67. The number of hydrogen-bond acceptors (Lipinski definition) is 3. The third-order valence-corrected chi connectivity index (χ3v) is 2.67. The molecule has 19 heavy (non-hydrogen) atoms. The summed E-state index contributed by atoms with van der Waals surface area (Å²) >= 11 is 0. The maximum Gasteiger partial charge on any atom is 0.165 e. The van der Waals surface area contributed by atoms with E-state index in [1.165, 1.54) is 0 Å². The molecular formula is C14H15F2NO2. The highest BCUT2D eigenvalue weighted by Crippen LogP contribution is 2.21. The standard InChI is InChI=1S/C14H15F2NO2/c1-9-5-11(19-14(9)7-17-2)8-18-13-6-10(15)3-4-12(13)16/h3-6,17H,7-8H2,1-2H3. The van der Waals surface area contributed by atoms with Crippen LogP contribution in [-0.2, 0) is 13.2 Å². The Labute approximate surface area is 110 Å². The van der Waals surface area contributed by atoms with Crippen LogP contribution >= 0.6 is 0 Å². The molecule has 0 atom stereocenters. The van der Waals surface area contributed by atoms with E-state index in [9.17, 15) is 8.78 Å². The molecule has 0 amide bonds. The van der Waals surface area contributed by atoms with Gasteiger partial charge in [0.1, 0.15) is 23.9 Å². The Balaban J connectivity index is 2.06. The lowest BCUT2D eigenvalue weighted by Gasteiger charge is -2.05. The first-order chi connectivity index (χ1) is 9.10. The fourth-order valence-corrected chi connectivity index (χ4v) is 1.73. The molecule has 0 unspecified atom stereocenters. The summed E-state index contributed by atoms with van der Waals surface area (Å²) in [4.78, 5) is 0. The van der Waals surface area contributed by atoms with Crippen LogP contribution in [0.2, 0.25) is 0 Å². The number of ether oxygens (including phenoxy) is 1. The molecule has 0 aliphatic carbocycles. The quantitative estimate of drug-likeness (QED) is 0.903. The molecule has 1 heterocycles. The van der Waals surface area contributed by atoms with Crippen molar-refractivity contribution >= 4 is 0 Å². The van der Waals surface area contributed by atoms with E-state index >= 15 is 0 Å². The fraction of sp³-hybridized carbons (Fsp3) is 0.286. The number of furan rings is 1. The van der Waals surface area contributed by atoms with E-state index in [2.05, 4.69) is 5.32 Å². The molecule has 0 saturated heterocycles. The minimum absolute atomic E-state index is 0.0604.